The van der Waals surface area contributed by atoms with Crippen molar-refractivity contribution in [3.8, 4) is 0 Å². The molecule has 0 heterocycles. The van der Waals surface area contributed by atoms with Gasteiger partial charge in [0.2, 0.25) is 0 Å². The SMILES string of the molecule is CC(C)(C)N(C(=O)CF)S(=O)(=O)c1ccccc1. The molecular formula is C12H16FNO3S. The molecule has 0 atom stereocenters. The van der Waals surface area contributed by atoms with Crippen LogP contribution in [-0.2, 0) is 14.8 Å². The van der Waals surface area contributed by atoms with Crippen molar-refractivity contribution >= 4 is 15.9 Å². The molecule has 0 spiro atoms. The van der Waals surface area contributed by atoms with E-state index in [9.17, 15) is 17.6 Å². The van der Waals surface area contributed by atoms with Gasteiger partial charge in [-0.05, 0) is 32.9 Å². The molecule has 0 aliphatic heterocycles. The van der Waals surface area contributed by atoms with Crippen LogP contribution < -0.4 is 0 Å². The third-order valence-electron chi connectivity index (χ3n) is 2.23. The number of benzene rings is 1. The second kappa shape index (κ2) is 5.06. The highest BCUT2D eigenvalue weighted by Crippen LogP contribution is 2.24. The first-order valence-electron chi connectivity index (χ1n) is 5.40. The maximum absolute atomic E-state index is 12.6. The largest absolute Gasteiger partial charge is 0.271 e. The van der Waals surface area contributed by atoms with Gasteiger partial charge in [-0.15, -0.1) is 0 Å². The Bertz CT molecular complexity index is 520. The highest BCUT2D eigenvalue weighted by Gasteiger charge is 2.37. The molecule has 0 N–H and O–H groups in total. The quantitative estimate of drug-likeness (QED) is 0.846. The minimum atomic E-state index is -4.03. The van der Waals surface area contributed by atoms with Gasteiger partial charge in [-0.1, -0.05) is 18.2 Å². The number of carbonyl (C=O) groups excluding carboxylic acids is 1. The molecule has 18 heavy (non-hydrogen) atoms. The third-order valence-corrected chi connectivity index (χ3v) is 4.33. The Labute approximate surface area is 106 Å². The highest BCUT2D eigenvalue weighted by molar-refractivity contribution is 7.89. The first-order chi connectivity index (χ1) is 8.21. The van der Waals surface area contributed by atoms with Crippen LogP contribution >= 0.6 is 0 Å². The lowest BCUT2D eigenvalue weighted by molar-refractivity contribution is -0.130. The molecule has 6 heteroatoms. The number of hydrogen-bond donors (Lipinski definition) is 0. The predicted molar refractivity (Wildman–Crippen MR) is 66.2 cm³/mol. The van der Waals surface area contributed by atoms with E-state index in [-0.39, 0.29) is 4.90 Å². The Kier molecular flexibility index (Phi) is 4.11. The molecule has 1 aromatic carbocycles. The van der Waals surface area contributed by atoms with Gasteiger partial charge in [-0.3, -0.25) is 4.79 Å². The van der Waals surface area contributed by atoms with Gasteiger partial charge in [0.15, 0.2) is 6.67 Å². The fourth-order valence-electron chi connectivity index (χ4n) is 1.62. The van der Waals surface area contributed by atoms with Crippen molar-refractivity contribution in [1.82, 2.24) is 4.31 Å². The van der Waals surface area contributed by atoms with Gasteiger partial charge in [-0.25, -0.2) is 17.1 Å². The van der Waals surface area contributed by atoms with Crippen LogP contribution in [0.3, 0.4) is 0 Å². The molecule has 0 saturated heterocycles. The summed E-state index contributed by atoms with van der Waals surface area (Å²) in [6.45, 7) is 3.28. The topological polar surface area (TPSA) is 54.5 Å². The van der Waals surface area contributed by atoms with Crippen LogP contribution in [0.4, 0.5) is 4.39 Å². The van der Waals surface area contributed by atoms with Gasteiger partial charge in [0, 0.05) is 0 Å². The number of amides is 1. The van der Waals surface area contributed by atoms with Gasteiger partial charge in [0.1, 0.15) is 0 Å². The van der Waals surface area contributed by atoms with E-state index in [1.54, 1.807) is 39.0 Å². The number of hydrogen-bond acceptors (Lipinski definition) is 3. The summed E-state index contributed by atoms with van der Waals surface area (Å²) in [5.41, 5.74) is -1.02. The smallest absolute Gasteiger partial charge is 0.268 e. The molecule has 4 nitrogen and oxygen atoms in total. The number of alkyl halides is 1. The molecule has 0 fully saturated rings. The van der Waals surface area contributed by atoms with E-state index in [4.69, 9.17) is 0 Å². The molecule has 1 rings (SSSR count). The number of rotatable bonds is 3. The van der Waals surface area contributed by atoms with E-state index in [1.807, 2.05) is 0 Å². The summed E-state index contributed by atoms with van der Waals surface area (Å²) >= 11 is 0. The second-order valence-corrected chi connectivity index (χ2v) is 6.57. The van der Waals surface area contributed by atoms with E-state index in [2.05, 4.69) is 0 Å². The Morgan fingerprint density at radius 2 is 1.72 bits per heavy atom. The molecule has 0 aliphatic rings. The van der Waals surface area contributed by atoms with Crippen molar-refractivity contribution in [3.63, 3.8) is 0 Å². The van der Waals surface area contributed by atoms with Gasteiger partial charge in [-0.2, -0.15) is 0 Å². The Morgan fingerprint density at radius 3 is 2.11 bits per heavy atom. The molecule has 0 aromatic heterocycles. The molecule has 0 saturated carbocycles. The van der Waals surface area contributed by atoms with E-state index in [1.165, 1.54) is 12.1 Å². The highest BCUT2D eigenvalue weighted by atomic mass is 32.2. The maximum Gasteiger partial charge on any atom is 0.268 e. The standard InChI is InChI=1S/C12H16FNO3S/c1-12(2,3)14(11(15)9-13)18(16,17)10-7-5-4-6-8-10/h4-8H,9H2,1-3H3. The fourth-order valence-corrected chi connectivity index (χ4v) is 3.37. The zero-order chi connectivity index (χ0) is 14.0. The van der Waals surface area contributed by atoms with Crippen molar-refractivity contribution in [3.05, 3.63) is 30.3 Å². The van der Waals surface area contributed by atoms with Crippen LogP contribution in [0.5, 0.6) is 0 Å². The summed E-state index contributed by atoms with van der Waals surface area (Å²) in [7, 11) is -4.03. The zero-order valence-electron chi connectivity index (χ0n) is 10.6. The van der Waals surface area contributed by atoms with E-state index in [0.717, 1.165) is 0 Å². The lowest BCUT2D eigenvalue weighted by Crippen LogP contribution is -2.49. The first-order valence-corrected chi connectivity index (χ1v) is 6.84. The van der Waals surface area contributed by atoms with Gasteiger partial charge in [0.25, 0.3) is 15.9 Å². The van der Waals surface area contributed by atoms with Crippen molar-refractivity contribution in [2.45, 2.75) is 31.2 Å². The molecule has 0 unspecified atom stereocenters. The summed E-state index contributed by atoms with van der Waals surface area (Å²) in [6, 6.07) is 7.51. The Hall–Kier alpha value is -1.43. The summed E-state index contributed by atoms with van der Waals surface area (Å²) in [5, 5.41) is 0. The van der Waals surface area contributed by atoms with Crippen LogP contribution in [0.15, 0.2) is 35.2 Å². The summed E-state index contributed by atoms with van der Waals surface area (Å²) in [4.78, 5) is 11.5. The molecule has 1 aromatic rings. The average molecular weight is 273 g/mol. The van der Waals surface area contributed by atoms with Crippen LogP contribution in [0.2, 0.25) is 0 Å². The normalized spacial score (nSPS) is 12.2. The number of sulfonamides is 1. The molecule has 0 bridgehead atoms. The van der Waals surface area contributed by atoms with Crippen molar-refractivity contribution < 1.29 is 17.6 Å². The van der Waals surface area contributed by atoms with Crippen LogP contribution in [0.25, 0.3) is 0 Å². The Balaban J connectivity index is 3.35. The van der Waals surface area contributed by atoms with Crippen LogP contribution in [0, 0.1) is 0 Å². The minimum Gasteiger partial charge on any atom is -0.271 e. The number of nitrogens with zero attached hydrogens (tertiary/aromatic N) is 1. The Morgan fingerprint density at radius 1 is 1.22 bits per heavy atom. The zero-order valence-corrected chi connectivity index (χ0v) is 11.4. The molecule has 1 amide bonds. The monoisotopic (exact) mass is 273 g/mol. The fraction of sp³-hybridized carbons (Fsp3) is 0.417. The number of carbonyl (C=O) groups is 1. The number of halogens is 1. The average Bonchev–Trinajstić information content (AvgIpc) is 2.28. The van der Waals surface area contributed by atoms with E-state index in [0.29, 0.717) is 4.31 Å². The van der Waals surface area contributed by atoms with Crippen molar-refractivity contribution in [1.29, 1.82) is 0 Å². The predicted octanol–water partition coefficient (Wildman–Crippen LogP) is 1.97. The minimum absolute atomic E-state index is 0.0262. The van der Waals surface area contributed by atoms with Crippen molar-refractivity contribution in [2.24, 2.45) is 0 Å². The van der Waals surface area contributed by atoms with Gasteiger partial charge >= 0.3 is 0 Å². The molecule has 100 valence electrons. The summed E-state index contributed by atoms with van der Waals surface area (Å²) < 4.78 is 37.8. The molecule has 0 aliphatic carbocycles. The van der Waals surface area contributed by atoms with Gasteiger partial charge in [0.05, 0.1) is 10.4 Å². The van der Waals surface area contributed by atoms with Crippen molar-refractivity contribution in [2.75, 3.05) is 6.67 Å². The summed E-state index contributed by atoms with van der Waals surface area (Å²) in [5.74, 6) is -1.06. The van der Waals surface area contributed by atoms with Crippen LogP contribution in [-0.4, -0.2) is 30.8 Å². The first kappa shape index (κ1) is 14.6. The lowest BCUT2D eigenvalue weighted by atomic mass is 10.1. The van der Waals surface area contributed by atoms with Gasteiger partial charge < -0.3 is 0 Å². The summed E-state index contributed by atoms with van der Waals surface area (Å²) in [6.07, 6.45) is 0. The van der Waals surface area contributed by atoms with E-state index < -0.39 is 28.1 Å². The molecule has 0 radical (unpaired) electrons. The molecular weight excluding hydrogens is 257 g/mol. The maximum atomic E-state index is 12.6. The lowest BCUT2D eigenvalue weighted by Gasteiger charge is -2.33. The second-order valence-electron chi connectivity index (χ2n) is 4.78. The third kappa shape index (κ3) is 2.87. The van der Waals surface area contributed by atoms with E-state index >= 15 is 0 Å². The van der Waals surface area contributed by atoms with Crippen LogP contribution in [0.1, 0.15) is 20.8 Å².